The Morgan fingerprint density at radius 3 is 2.85 bits per heavy atom. The van der Waals surface area contributed by atoms with Gasteiger partial charge in [0.1, 0.15) is 0 Å². The van der Waals surface area contributed by atoms with Gasteiger partial charge in [0, 0.05) is 43.3 Å². The molecule has 2 aliphatic rings. The van der Waals surface area contributed by atoms with E-state index in [1.807, 2.05) is 0 Å². The van der Waals surface area contributed by atoms with E-state index in [1.165, 1.54) is 43.9 Å². The first-order valence-corrected chi connectivity index (χ1v) is 7.83. The van der Waals surface area contributed by atoms with E-state index in [9.17, 15) is 0 Å². The van der Waals surface area contributed by atoms with Crippen molar-refractivity contribution in [1.29, 1.82) is 0 Å². The standard InChI is InChI=1S/C17H27N3/c1-17(2)13-20(11-10-19(17)3)9-8-14-12-18-16-7-5-4-6-15(14)16/h4-7,14,18H,8-13H2,1-3H3. The molecule has 0 bridgehead atoms. The Morgan fingerprint density at radius 1 is 1.25 bits per heavy atom. The average molecular weight is 273 g/mol. The minimum Gasteiger partial charge on any atom is -0.384 e. The second kappa shape index (κ2) is 5.38. The maximum absolute atomic E-state index is 3.53. The lowest BCUT2D eigenvalue weighted by Gasteiger charge is -2.45. The Bertz CT molecular complexity index is 469. The van der Waals surface area contributed by atoms with Crippen molar-refractivity contribution in [3.63, 3.8) is 0 Å². The molecule has 1 N–H and O–H groups in total. The summed E-state index contributed by atoms with van der Waals surface area (Å²) in [6.45, 7) is 10.6. The van der Waals surface area contributed by atoms with Crippen LogP contribution in [-0.2, 0) is 0 Å². The predicted octanol–water partition coefficient (Wildman–Crippen LogP) is 2.61. The van der Waals surface area contributed by atoms with Crippen LogP contribution < -0.4 is 5.32 Å². The maximum atomic E-state index is 3.53. The molecule has 3 heteroatoms. The van der Waals surface area contributed by atoms with Crippen molar-refractivity contribution in [2.24, 2.45) is 0 Å². The zero-order valence-electron chi connectivity index (χ0n) is 13.0. The van der Waals surface area contributed by atoms with E-state index in [-0.39, 0.29) is 0 Å². The third-order valence-corrected chi connectivity index (χ3v) is 5.13. The molecule has 0 saturated carbocycles. The molecule has 1 aromatic carbocycles. The summed E-state index contributed by atoms with van der Waals surface area (Å²) in [6.07, 6.45) is 1.27. The van der Waals surface area contributed by atoms with Crippen LogP contribution in [0, 0.1) is 0 Å². The van der Waals surface area contributed by atoms with Crippen molar-refractivity contribution < 1.29 is 0 Å². The normalized spacial score (nSPS) is 26.2. The first-order valence-electron chi connectivity index (χ1n) is 7.83. The van der Waals surface area contributed by atoms with Crippen molar-refractivity contribution in [2.75, 3.05) is 45.1 Å². The number of hydrogen-bond donors (Lipinski definition) is 1. The molecule has 1 saturated heterocycles. The van der Waals surface area contributed by atoms with Crippen LogP contribution in [0.1, 0.15) is 31.7 Å². The molecule has 0 aliphatic carbocycles. The largest absolute Gasteiger partial charge is 0.384 e. The first kappa shape index (κ1) is 13.9. The second-order valence-corrected chi connectivity index (χ2v) is 6.96. The number of rotatable bonds is 3. The summed E-state index contributed by atoms with van der Waals surface area (Å²) in [7, 11) is 2.24. The van der Waals surface area contributed by atoms with E-state index in [2.05, 4.69) is 60.3 Å². The summed E-state index contributed by atoms with van der Waals surface area (Å²) in [5, 5.41) is 3.53. The van der Waals surface area contributed by atoms with Gasteiger partial charge in [0.05, 0.1) is 0 Å². The van der Waals surface area contributed by atoms with Gasteiger partial charge in [-0.3, -0.25) is 4.90 Å². The van der Waals surface area contributed by atoms with Gasteiger partial charge in [-0.2, -0.15) is 0 Å². The predicted molar refractivity (Wildman–Crippen MR) is 85.4 cm³/mol. The van der Waals surface area contributed by atoms with E-state index < -0.39 is 0 Å². The minimum absolute atomic E-state index is 0.310. The average Bonchev–Trinajstić information content (AvgIpc) is 2.83. The lowest BCUT2D eigenvalue weighted by atomic mass is 9.96. The van der Waals surface area contributed by atoms with Crippen molar-refractivity contribution in [2.45, 2.75) is 31.7 Å². The molecule has 0 aromatic heterocycles. The number of benzene rings is 1. The van der Waals surface area contributed by atoms with Crippen LogP contribution in [0.25, 0.3) is 0 Å². The number of likely N-dealkylation sites (N-methyl/N-ethyl adjacent to an activating group) is 1. The smallest absolute Gasteiger partial charge is 0.0376 e. The molecule has 1 aromatic rings. The lowest BCUT2D eigenvalue weighted by Crippen LogP contribution is -2.57. The highest BCUT2D eigenvalue weighted by Crippen LogP contribution is 2.33. The number of anilines is 1. The monoisotopic (exact) mass is 273 g/mol. The molecule has 3 rings (SSSR count). The molecule has 0 spiro atoms. The van der Waals surface area contributed by atoms with Crippen molar-refractivity contribution in [3.05, 3.63) is 29.8 Å². The Labute approximate surface area is 123 Å². The Kier molecular flexibility index (Phi) is 3.74. The highest BCUT2D eigenvalue weighted by Gasteiger charge is 2.31. The van der Waals surface area contributed by atoms with Crippen LogP contribution in [0.4, 0.5) is 5.69 Å². The Hall–Kier alpha value is -1.06. The summed E-state index contributed by atoms with van der Waals surface area (Å²) < 4.78 is 0. The van der Waals surface area contributed by atoms with Crippen molar-refractivity contribution in [3.8, 4) is 0 Å². The highest BCUT2D eigenvalue weighted by atomic mass is 15.3. The van der Waals surface area contributed by atoms with Crippen LogP contribution >= 0.6 is 0 Å². The van der Waals surface area contributed by atoms with Gasteiger partial charge in [0.15, 0.2) is 0 Å². The molecule has 1 fully saturated rings. The van der Waals surface area contributed by atoms with Gasteiger partial charge in [0.2, 0.25) is 0 Å². The molecule has 1 atom stereocenters. The summed E-state index contributed by atoms with van der Waals surface area (Å²) >= 11 is 0. The topological polar surface area (TPSA) is 18.5 Å². The Balaban J connectivity index is 1.56. The summed E-state index contributed by atoms with van der Waals surface area (Å²) in [4.78, 5) is 5.12. The third kappa shape index (κ3) is 2.70. The number of fused-ring (bicyclic) bond motifs is 1. The fourth-order valence-corrected chi connectivity index (χ4v) is 3.49. The molecule has 0 amide bonds. The molecule has 110 valence electrons. The van der Waals surface area contributed by atoms with Crippen LogP contribution in [0.2, 0.25) is 0 Å². The van der Waals surface area contributed by atoms with Crippen LogP contribution in [-0.4, -0.2) is 55.1 Å². The van der Waals surface area contributed by atoms with E-state index in [4.69, 9.17) is 0 Å². The number of hydrogen-bond acceptors (Lipinski definition) is 3. The van der Waals surface area contributed by atoms with E-state index in [0.29, 0.717) is 11.5 Å². The van der Waals surface area contributed by atoms with Crippen molar-refractivity contribution >= 4 is 5.69 Å². The number of piperazine rings is 1. The molecular formula is C17H27N3. The van der Waals surface area contributed by atoms with E-state index in [1.54, 1.807) is 0 Å². The van der Waals surface area contributed by atoms with Gasteiger partial charge in [-0.15, -0.1) is 0 Å². The van der Waals surface area contributed by atoms with Gasteiger partial charge in [0.25, 0.3) is 0 Å². The lowest BCUT2D eigenvalue weighted by molar-refractivity contribution is 0.0388. The van der Waals surface area contributed by atoms with Crippen molar-refractivity contribution in [1.82, 2.24) is 9.80 Å². The third-order valence-electron chi connectivity index (χ3n) is 5.13. The molecule has 2 heterocycles. The molecular weight excluding hydrogens is 246 g/mol. The highest BCUT2D eigenvalue weighted by molar-refractivity contribution is 5.57. The van der Waals surface area contributed by atoms with Crippen LogP contribution in [0.15, 0.2) is 24.3 Å². The van der Waals surface area contributed by atoms with Gasteiger partial charge in [-0.05, 0) is 45.5 Å². The van der Waals surface area contributed by atoms with Gasteiger partial charge in [-0.25, -0.2) is 0 Å². The number of nitrogens with one attached hydrogen (secondary N) is 1. The molecule has 2 aliphatic heterocycles. The summed E-state index contributed by atoms with van der Waals surface area (Å²) in [5.41, 5.74) is 3.17. The van der Waals surface area contributed by atoms with E-state index in [0.717, 1.165) is 6.54 Å². The van der Waals surface area contributed by atoms with Gasteiger partial charge < -0.3 is 10.2 Å². The Morgan fingerprint density at radius 2 is 2.05 bits per heavy atom. The minimum atomic E-state index is 0.310. The maximum Gasteiger partial charge on any atom is 0.0376 e. The van der Waals surface area contributed by atoms with Crippen LogP contribution in [0.3, 0.4) is 0 Å². The fraction of sp³-hybridized carbons (Fsp3) is 0.647. The fourth-order valence-electron chi connectivity index (χ4n) is 3.49. The quantitative estimate of drug-likeness (QED) is 0.913. The van der Waals surface area contributed by atoms with Crippen LogP contribution in [0.5, 0.6) is 0 Å². The molecule has 1 unspecified atom stereocenters. The first-order chi connectivity index (χ1) is 9.56. The zero-order chi connectivity index (χ0) is 14.2. The zero-order valence-corrected chi connectivity index (χ0v) is 13.0. The molecule has 3 nitrogen and oxygen atoms in total. The van der Waals surface area contributed by atoms with Gasteiger partial charge in [-0.1, -0.05) is 18.2 Å². The summed E-state index contributed by atoms with van der Waals surface area (Å²) in [5.74, 6) is 0.689. The SMILES string of the molecule is CN1CCN(CCC2CNc3ccccc32)CC1(C)C. The summed E-state index contributed by atoms with van der Waals surface area (Å²) in [6, 6.07) is 8.78. The molecule has 20 heavy (non-hydrogen) atoms. The van der Waals surface area contributed by atoms with Gasteiger partial charge >= 0.3 is 0 Å². The number of nitrogens with zero attached hydrogens (tertiary/aromatic N) is 2. The number of para-hydroxylation sites is 1. The van der Waals surface area contributed by atoms with E-state index >= 15 is 0 Å². The second-order valence-electron chi connectivity index (χ2n) is 6.96. The molecule has 0 radical (unpaired) electrons.